The van der Waals surface area contributed by atoms with Gasteiger partial charge in [0, 0.05) is 16.1 Å². The van der Waals surface area contributed by atoms with Crippen molar-refractivity contribution in [3.05, 3.63) is 40.1 Å². The van der Waals surface area contributed by atoms with Gasteiger partial charge in [-0.05, 0) is 23.9 Å². The van der Waals surface area contributed by atoms with Crippen LogP contribution in [0, 0.1) is 6.92 Å². The third kappa shape index (κ3) is 1.61. The fraction of sp³-hybridized carbons (Fsp3) is 0.0909. The number of carbonyl (C=O) groups is 1. The molecule has 0 radical (unpaired) electrons. The molecule has 3 nitrogen and oxygen atoms in total. The highest BCUT2D eigenvalue weighted by Gasteiger charge is 2.12. The molecule has 0 aliphatic rings. The molecule has 0 bridgehead atoms. The molecule has 0 saturated carbocycles. The van der Waals surface area contributed by atoms with Gasteiger partial charge in [-0.3, -0.25) is 0 Å². The first-order valence-electron chi connectivity index (χ1n) is 4.38. The Hall–Kier alpha value is -1.42. The summed E-state index contributed by atoms with van der Waals surface area (Å²) in [5.74, 6) is -0.991. The maximum atomic E-state index is 10.9. The molecule has 2 aromatic rings. The molecule has 4 heteroatoms. The Bertz CT molecular complexity index is 552. The molecule has 0 aliphatic carbocycles. The SMILES string of the molecule is Cc1c(C(=O)O)ncc2c(Br)cccc12. The number of hydrogen-bond acceptors (Lipinski definition) is 2. The van der Waals surface area contributed by atoms with E-state index in [0.29, 0.717) is 5.56 Å². The second kappa shape index (κ2) is 3.62. The molecule has 1 N–H and O–H groups in total. The van der Waals surface area contributed by atoms with Crippen LogP contribution in [0.4, 0.5) is 0 Å². The summed E-state index contributed by atoms with van der Waals surface area (Å²) in [5.41, 5.74) is 0.807. The van der Waals surface area contributed by atoms with E-state index in [1.165, 1.54) is 0 Å². The predicted molar refractivity (Wildman–Crippen MR) is 61.1 cm³/mol. The van der Waals surface area contributed by atoms with Crippen LogP contribution in [-0.2, 0) is 0 Å². The van der Waals surface area contributed by atoms with Crippen LogP contribution in [0.15, 0.2) is 28.9 Å². The van der Waals surface area contributed by atoms with Crippen LogP contribution in [-0.4, -0.2) is 16.1 Å². The number of aryl methyl sites for hydroxylation is 1. The highest BCUT2D eigenvalue weighted by Crippen LogP contribution is 2.26. The summed E-state index contributed by atoms with van der Waals surface area (Å²) in [6.45, 7) is 1.77. The van der Waals surface area contributed by atoms with Crippen LogP contribution in [0.5, 0.6) is 0 Å². The van der Waals surface area contributed by atoms with Crippen LogP contribution < -0.4 is 0 Å². The summed E-state index contributed by atoms with van der Waals surface area (Å²) in [4.78, 5) is 14.8. The quantitative estimate of drug-likeness (QED) is 0.863. The average Bonchev–Trinajstić information content (AvgIpc) is 2.19. The Balaban J connectivity index is 2.86. The maximum absolute atomic E-state index is 10.9. The van der Waals surface area contributed by atoms with Gasteiger partial charge in [0.25, 0.3) is 0 Å². The summed E-state index contributed by atoms with van der Waals surface area (Å²) in [5, 5.41) is 10.8. The summed E-state index contributed by atoms with van der Waals surface area (Å²) >= 11 is 3.41. The average molecular weight is 266 g/mol. The molecule has 0 unspecified atom stereocenters. The van der Waals surface area contributed by atoms with Crippen molar-refractivity contribution in [2.75, 3.05) is 0 Å². The van der Waals surface area contributed by atoms with E-state index in [1.54, 1.807) is 13.1 Å². The second-order valence-electron chi connectivity index (χ2n) is 3.24. The molecule has 1 heterocycles. The lowest BCUT2D eigenvalue weighted by Crippen LogP contribution is -2.03. The molecular formula is C11H8BrNO2. The highest BCUT2D eigenvalue weighted by molar-refractivity contribution is 9.10. The topological polar surface area (TPSA) is 50.2 Å². The number of hydrogen-bond donors (Lipinski definition) is 1. The van der Waals surface area contributed by atoms with Gasteiger partial charge in [-0.15, -0.1) is 0 Å². The van der Waals surface area contributed by atoms with E-state index in [-0.39, 0.29) is 5.69 Å². The van der Waals surface area contributed by atoms with Crippen molar-refractivity contribution < 1.29 is 9.90 Å². The first kappa shape index (κ1) is 10.1. The Labute approximate surface area is 94.9 Å². The fourth-order valence-electron chi connectivity index (χ4n) is 1.56. The summed E-state index contributed by atoms with van der Waals surface area (Å²) < 4.78 is 0.924. The van der Waals surface area contributed by atoms with Gasteiger partial charge in [0.2, 0.25) is 0 Å². The van der Waals surface area contributed by atoms with E-state index in [1.807, 2.05) is 18.2 Å². The van der Waals surface area contributed by atoms with Gasteiger partial charge in [-0.1, -0.05) is 28.1 Å². The molecule has 76 valence electrons. The van der Waals surface area contributed by atoms with Crippen LogP contribution in [0.2, 0.25) is 0 Å². The van der Waals surface area contributed by atoms with Crippen molar-refractivity contribution in [1.82, 2.24) is 4.98 Å². The molecule has 0 aliphatic heterocycles. The number of rotatable bonds is 1. The van der Waals surface area contributed by atoms with Crippen molar-refractivity contribution in [2.45, 2.75) is 6.92 Å². The lowest BCUT2D eigenvalue weighted by molar-refractivity contribution is 0.0690. The molecule has 2 rings (SSSR count). The molecule has 1 aromatic heterocycles. The highest BCUT2D eigenvalue weighted by atomic mass is 79.9. The van der Waals surface area contributed by atoms with Gasteiger partial charge in [0.05, 0.1) is 0 Å². The Kier molecular flexibility index (Phi) is 2.44. The van der Waals surface area contributed by atoms with Crippen molar-refractivity contribution >= 4 is 32.7 Å². The first-order chi connectivity index (χ1) is 7.11. The molecule has 0 fully saturated rings. The second-order valence-corrected chi connectivity index (χ2v) is 4.09. The zero-order chi connectivity index (χ0) is 11.0. The largest absolute Gasteiger partial charge is 0.477 e. The van der Waals surface area contributed by atoms with Crippen molar-refractivity contribution in [2.24, 2.45) is 0 Å². The Morgan fingerprint density at radius 1 is 1.40 bits per heavy atom. The van der Waals surface area contributed by atoms with E-state index in [2.05, 4.69) is 20.9 Å². The maximum Gasteiger partial charge on any atom is 0.354 e. The molecular weight excluding hydrogens is 258 g/mol. The number of pyridine rings is 1. The molecule has 0 spiro atoms. The minimum atomic E-state index is -0.991. The van der Waals surface area contributed by atoms with Gasteiger partial charge in [0.15, 0.2) is 5.69 Å². The first-order valence-corrected chi connectivity index (χ1v) is 5.17. The van der Waals surface area contributed by atoms with Gasteiger partial charge in [-0.2, -0.15) is 0 Å². The summed E-state index contributed by atoms with van der Waals surface area (Å²) in [6, 6.07) is 5.68. The number of carboxylic acid groups (broad SMARTS) is 1. The van der Waals surface area contributed by atoms with E-state index >= 15 is 0 Å². The minimum Gasteiger partial charge on any atom is -0.477 e. The van der Waals surface area contributed by atoms with E-state index < -0.39 is 5.97 Å². The van der Waals surface area contributed by atoms with Crippen LogP contribution >= 0.6 is 15.9 Å². The van der Waals surface area contributed by atoms with E-state index in [4.69, 9.17) is 5.11 Å². The number of aromatic nitrogens is 1. The van der Waals surface area contributed by atoms with Gasteiger partial charge < -0.3 is 5.11 Å². The van der Waals surface area contributed by atoms with Crippen LogP contribution in [0.25, 0.3) is 10.8 Å². The summed E-state index contributed by atoms with van der Waals surface area (Å²) in [7, 11) is 0. The lowest BCUT2D eigenvalue weighted by atomic mass is 10.1. The lowest BCUT2D eigenvalue weighted by Gasteiger charge is -2.05. The van der Waals surface area contributed by atoms with Crippen LogP contribution in [0.1, 0.15) is 16.1 Å². The monoisotopic (exact) mass is 265 g/mol. The zero-order valence-corrected chi connectivity index (χ0v) is 9.58. The van der Waals surface area contributed by atoms with E-state index in [0.717, 1.165) is 15.2 Å². The number of carboxylic acids is 1. The van der Waals surface area contributed by atoms with Gasteiger partial charge >= 0.3 is 5.97 Å². The van der Waals surface area contributed by atoms with Crippen molar-refractivity contribution in [3.8, 4) is 0 Å². The minimum absolute atomic E-state index is 0.112. The Morgan fingerprint density at radius 3 is 2.80 bits per heavy atom. The van der Waals surface area contributed by atoms with Gasteiger partial charge in [0.1, 0.15) is 0 Å². The third-order valence-electron chi connectivity index (χ3n) is 2.34. The van der Waals surface area contributed by atoms with Crippen LogP contribution in [0.3, 0.4) is 0 Å². The van der Waals surface area contributed by atoms with Crippen molar-refractivity contribution in [1.29, 1.82) is 0 Å². The standard InChI is InChI=1S/C11H8BrNO2/c1-6-7-3-2-4-9(12)8(7)5-13-10(6)11(14)15/h2-5H,1H3,(H,14,15). The summed E-state index contributed by atoms with van der Waals surface area (Å²) in [6.07, 6.45) is 1.58. The molecule has 15 heavy (non-hydrogen) atoms. The number of halogens is 1. The molecule has 0 atom stereocenters. The number of nitrogens with zero attached hydrogens (tertiary/aromatic N) is 1. The zero-order valence-electron chi connectivity index (χ0n) is 7.99. The fourth-order valence-corrected chi connectivity index (χ4v) is 2.03. The number of fused-ring (bicyclic) bond motifs is 1. The molecule has 1 aromatic carbocycles. The van der Waals surface area contributed by atoms with Crippen molar-refractivity contribution in [3.63, 3.8) is 0 Å². The third-order valence-corrected chi connectivity index (χ3v) is 3.03. The Morgan fingerprint density at radius 2 is 2.13 bits per heavy atom. The normalized spacial score (nSPS) is 10.5. The van der Waals surface area contributed by atoms with Gasteiger partial charge in [-0.25, -0.2) is 9.78 Å². The number of benzene rings is 1. The predicted octanol–water partition coefficient (Wildman–Crippen LogP) is 3.00. The molecule has 0 amide bonds. The number of aromatic carboxylic acids is 1. The molecule has 0 saturated heterocycles. The van der Waals surface area contributed by atoms with E-state index in [9.17, 15) is 4.79 Å². The smallest absolute Gasteiger partial charge is 0.354 e.